The van der Waals surface area contributed by atoms with Crippen molar-refractivity contribution in [3.05, 3.63) is 35.4 Å². The summed E-state index contributed by atoms with van der Waals surface area (Å²) in [7, 11) is 0. The maximum atomic E-state index is 11.6. The van der Waals surface area contributed by atoms with Crippen LogP contribution in [0.2, 0.25) is 0 Å². The monoisotopic (exact) mass is 252 g/mol. The minimum atomic E-state index is -0.346. The van der Waals surface area contributed by atoms with Crippen molar-refractivity contribution in [1.82, 2.24) is 10.6 Å². The van der Waals surface area contributed by atoms with Gasteiger partial charge in [0.2, 0.25) is 0 Å². The number of rotatable bonds is 6. The van der Waals surface area contributed by atoms with Crippen LogP contribution >= 0.6 is 0 Å². The quantitative estimate of drug-likeness (QED) is 0.529. The maximum Gasteiger partial charge on any atom is 0.251 e. The second-order valence-corrected chi connectivity index (χ2v) is 3.54. The molecular weight excluding hydrogens is 236 g/mol. The molecule has 2 amide bonds. The highest BCUT2D eigenvalue weighted by Gasteiger charge is 2.09. The van der Waals surface area contributed by atoms with Crippen molar-refractivity contribution in [2.24, 2.45) is 0 Å². The lowest BCUT2D eigenvalue weighted by molar-refractivity contribution is 0.0944. The molecule has 18 heavy (non-hydrogen) atoms. The molecule has 0 unspecified atom stereocenters. The third-order valence-electron chi connectivity index (χ3n) is 2.18. The van der Waals surface area contributed by atoms with E-state index in [9.17, 15) is 9.59 Å². The smallest absolute Gasteiger partial charge is 0.251 e. The fourth-order valence-electron chi connectivity index (χ4n) is 1.34. The van der Waals surface area contributed by atoms with E-state index in [1.165, 1.54) is 6.07 Å². The van der Waals surface area contributed by atoms with Gasteiger partial charge in [-0.25, -0.2) is 0 Å². The van der Waals surface area contributed by atoms with Crippen LogP contribution in [0.15, 0.2) is 24.3 Å². The molecule has 0 atom stereocenters. The molecule has 0 radical (unpaired) electrons. The Morgan fingerprint density at radius 2 is 1.39 bits per heavy atom. The zero-order valence-corrected chi connectivity index (χ0v) is 9.85. The molecule has 6 heteroatoms. The molecule has 0 aliphatic carbocycles. The first-order valence-electron chi connectivity index (χ1n) is 5.57. The number of amides is 2. The van der Waals surface area contributed by atoms with Crippen LogP contribution in [-0.4, -0.2) is 48.3 Å². The number of aliphatic hydroxyl groups is 2. The molecule has 0 saturated heterocycles. The van der Waals surface area contributed by atoms with Gasteiger partial charge in [0.1, 0.15) is 0 Å². The van der Waals surface area contributed by atoms with Gasteiger partial charge in [0, 0.05) is 24.2 Å². The van der Waals surface area contributed by atoms with Crippen LogP contribution in [-0.2, 0) is 0 Å². The predicted octanol–water partition coefficient (Wildman–Crippen LogP) is -0.869. The Hall–Kier alpha value is -1.92. The first-order chi connectivity index (χ1) is 8.69. The normalized spacial score (nSPS) is 9.89. The Morgan fingerprint density at radius 1 is 0.944 bits per heavy atom. The molecular formula is C12H16N2O4. The lowest BCUT2D eigenvalue weighted by Gasteiger charge is -2.06. The summed E-state index contributed by atoms with van der Waals surface area (Å²) >= 11 is 0. The van der Waals surface area contributed by atoms with Crippen LogP contribution in [0.3, 0.4) is 0 Å². The summed E-state index contributed by atoms with van der Waals surface area (Å²) in [5, 5.41) is 22.2. The average Bonchev–Trinajstić information content (AvgIpc) is 2.42. The summed E-state index contributed by atoms with van der Waals surface area (Å²) in [6.45, 7) is 0.0599. The second kappa shape index (κ2) is 7.41. The first-order valence-corrected chi connectivity index (χ1v) is 5.57. The van der Waals surface area contributed by atoms with Crippen LogP contribution in [0, 0.1) is 0 Å². The topological polar surface area (TPSA) is 98.7 Å². The van der Waals surface area contributed by atoms with Gasteiger partial charge in [-0.3, -0.25) is 9.59 Å². The number of carbonyl (C=O) groups excluding carboxylic acids is 2. The van der Waals surface area contributed by atoms with Gasteiger partial charge >= 0.3 is 0 Å². The number of hydrogen-bond donors (Lipinski definition) is 4. The summed E-state index contributed by atoms with van der Waals surface area (Å²) in [6, 6.07) is 6.21. The van der Waals surface area contributed by atoms with E-state index in [1.54, 1.807) is 18.2 Å². The summed E-state index contributed by atoms with van der Waals surface area (Å²) < 4.78 is 0. The highest BCUT2D eigenvalue weighted by atomic mass is 16.3. The average molecular weight is 252 g/mol. The zero-order valence-electron chi connectivity index (χ0n) is 9.85. The van der Waals surface area contributed by atoms with Crippen LogP contribution in [0.4, 0.5) is 0 Å². The van der Waals surface area contributed by atoms with Crippen LogP contribution in [0.1, 0.15) is 20.7 Å². The molecule has 98 valence electrons. The summed E-state index contributed by atoms with van der Waals surface area (Å²) in [4.78, 5) is 23.2. The number of carbonyl (C=O) groups is 2. The van der Waals surface area contributed by atoms with E-state index in [-0.39, 0.29) is 38.1 Å². The molecule has 0 heterocycles. The van der Waals surface area contributed by atoms with Crippen molar-refractivity contribution >= 4 is 11.8 Å². The van der Waals surface area contributed by atoms with Crippen molar-refractivity contribution in [2.45, 2.75) is 0 Å². The largest absolute Gasteiger partial charge is 0.395 e. The molecule has 0 spiro atoms. The molecule has 6 nitrogen and oxygen atoms in total. The summed E-state index contributed by atoms with van der Waals surface area (Å²) in [6.07, 6.45) is 0. The number of hydrogen-bond acceptors (Lipinski definition) is 4. The van der Waals surface area contributed by atoms with E-state index in [0.717, 1.165) is 0 Å². The van der Waals surface area contributed by atoms with Gasteiger partial charge in [-0.2, -0.15) is 0 Å². The highest BCUT2D eigenvalue weighted by Crippen LogP contribution is 2.05. The Labute approximate surface area is 105 Å². The van der Waals surface area contributed by atoms with E-state index < -0.39 is 0 Å². The molecule has 0 aliphatic rings. The maximum absolute atomic E-state index is 11.6. The van der Waals surface area contributed by atoms with Crippen molar-refractivity contribution in [3.63, 3.8) is 0 Å². The van der Waals surface area contributed by atoms with Crippen molar-refractivity contribution in [3.8, 4) is 0 Å². The van der Waals surface area contributed by atoms with E-state index in [4.69, 9.17) is 10.2 Å². The van der Waals surface area contributed by atoms with Gasteiger partial charge in [0.05, 0.1) is 13.2 Å². The molecule has 1 aromatic rings. The van der Waals surface area contributed by atoms with Gasteiger partial charge in [-0.1, -0.05) is 6.07 Å². The van der Waals surface area contributed by atoms with E-state index in [0.29, 0.717) is 11.1 Å². The van der Waals surface area contributed by atoms with E-state index >= 15 is 0 Å². The molecule has 0 saturated carbocycles. The number of nitrogens with one attached hydrogen (secondary N) is 2. The Morgan fingerprint density at radius 3 is 1.78 bits per heavy atom. The Kier molecular flexibility index (Phi) is 5.83. The summed E-state index contributed by atoms with van der Waals surface area (Å²) in [5.74, 6) is -0.693. The Balaban J connectivity index is 2.72. The SMILES string of the molecule is O=C(NCCO)c1cccc(C(=O)NCCO)c1. The van der Waals surface area contributed by atoms with Crippen molar-refractivity contribution < 1.29 is 19.8 Å². The molecule has 0 aromatic heterocycles. The molecule has 0 aliphatic heterocycles. The van der Waals surface area contributed by atoms with Crippen LogP contribution in [0.25, 0.3) is 0 Å². The molecule has 0 bridgehead atoms. The van der Waals surface area contributed by atoms with E-state index in [1.807, 2.05) is 0 Å². The summed E-state index contributed by atoms with van der Waals surface area (Å²) in [5.41, 5.74) is 0.695. The Bertz CT molecular complexity index is 385. The van der Waals surface area contributed by atoms with E-state index in [2.05, 4.69) is 10.6 Å². The van der Waals surface area contributed by atoms with Gasteiger partial charge in [-0.05, 0) is 18.2 Å². The molecule has 0 fully saturated rings. The minimum absolute atomic E-state index is 0.136. The lowest BCUT2D eigenvalue weighted by Crippen LogP contribution is -2.28. The molecule has 1 aromatic carbocycles. The van der Waals surface area contributed by atoms with Gasteiger partial charge in [0.25, 0.3) is 11.8 Å². The number of aliphatic hydroxyl groups excluding tert-OH is 2. The van der Waals surface area contributed by atoms with Gasteiger partial charge < -0.3 is 20.8 Å². The van der Waals surface area contributed by atoms with Gasteiger partial charge in [-0.15, -0.1) is 0 Å². The van der Waals surface area contributed by atoms with Crippen molar-refractivity contribution in [1.29, 1.82) is 0 Å². The fourth-order valence-corrected chi connectivity index (χ4v) is 1.34. The third-order valence-corrected chi connectivity index (χ3v) is 2.18. The standard InChI is InChI=1S/C12H16N2O4/c15-6-4-13-11(17)9-2-1-3-10(8-9)12(18)14-5-7-16/h1-3,8,15-16H,4-7H2,(H,13,17)(H,14,18). The van der Waals surface area contributed by atoms with Gasteiger partial charge in [0.15, 0.2) is 0 Å². The number of benzene rings is 1. The second-order valence-electron chi connectivity index (χ2n) is 3.54. The predicted molar refractivity (Wildman–Crippen MR) is 65.3 cm³/mol. The first kappa shape index (κ1) is 14.1. The molecule has 4 N–H and O–H groups in total. The highest BCUT2D eigenvalue weighted by molar-refractivity contribution is 5.99. The minimum Gasteiger partial charge on any atom is -0.395 e. The zero-order chi connectivity index (χ0) is 13.4. The lowest BCUT2D eigenvalue weighted by atomic mass is 10.1. The molecule has 1 rings (SSSR count). The van der Waals surface area contributed by atoms with Crippen LogP contribution < -0.4 is 10.6 Å². The van der Waals surface area contributed by atoms with Crippen LogP contribution in [0.5, 0.6) is 0 Å². The fraction of sp³-hybridized carbons (Fsp3) is 0.333. The van der Waals surface area contributed by atoms with Crippen molar-refractivity contribution in [2.75, 3.05) is 26.3 Å². The third kappa shape index (κ3) is 4.15.